The highest BCUT2D eigenvalue weighted by Gasteiger charge is 2.11. The van der Waals surface area contributed by atoms with E-state index in [0.29, 0.717) is 0 Å². The Kier molecular flexibility index (Phi) is 5.31. The molecule has 0 saturated heterocycles. The number of hydrazine groups is 1. The van der Waals surface area contributed by atoms with Gasteiger partial charge in [0.15, 0.2) is 0 Å². The van der Waals surface area contributed by atoms with Crippen molar-refractivity contribution in [3.8, 4) is 11.1 Å². The monoisotopic (exact) mass is 329 g/mol. The SMILES string of the molecule is Cc1ccc(-c2ccc(S/C(NN)=C(/N)C(=O)O)cc2)c(C)c1. The Bertz CT molecular complexity index is 755. The third-order valence-electron chi connectivity index (χ3n) is 3.37. The van der Waals surface area contributed by atoms with E-state index in [2.05, 4.69) is 37.5 Å². The summed E-state index contributed by atoms with van der Waals surface area (Å²) in [7, 11) is 0. The first-order chi connectivity index (χ1) is 10.9. The Morgan fingerprint density at radius 2 is 1.78 bits per heavy atom. The van der Waals surface area contributed by atoms with Gasteiger partial charge in [-0.05, 0) is 42.7 Å². The van der Waals surface area contributed by atoms with E-state index in [1.165, 1.54) is 28.5 Å². The normalized spacial score (nSPS) is 11.8. The summed E-state index contributed by atoms with van der Waals surface area (Å²) in [4.78, 5) is 11.7. The highest BCUT2D eigenvalue weighted by molar-refractivity contribution is 8.03. The number of nitrogens with one attached hydrogen (secondary N) is 1. The second-order valence-electron chi connectivity index (χ2n) is 5.14. The van der Waals surface area contributed by atoms with Crippen molar-refractivity contribution in [3.05, 3.63) is 64.3 Å². The van der Waals surface area contributed by atoms with Crippen LogP contribution in [0.15, 0.2) is 58.1 Å². The van der Waals surface area contributed by atoms with E-state index >= 15 is 0 Å². The van der Waals surface area contributed by atoms with Crippen LogP contribution in [0.25, 0.3) is 11.1 Å². The average Bonchev–Trinajstić information content (AvgIpc) is 2.52. The zero-order chi connectivity index (χ0) is 17.0. The molecule has 23 heavy (non-hydrogen) atoms. The number of hydrogen-bond acceptors (Lipinski definition) is 5. The average molecular weight is 329 g/mol. The molecule has 5 nitrogen and oxygen atoms in total. The first kappa shape index (κ1) is 16.9. The van der Waals surface area contributed by atoms with E-state index in [1.54, 1.807) is 0 Å². The minimum Gasteiger partial charge on any atom is -0.477 e. The maximum absolute atomic E-state index is 10.9. The molecule has 0 unspecified atom stereocenters. The van der Waals surface area contributed by atoms with Crippen molar-refractivity contribution >= 4 is 17.7 Å². The van der Waals surface area contributed by atoms with Crippen molar-refractivity contribution in [2.75, 3.05) is 0 Å². The number of carbonyl (C=O) groups is 1. The van der Waals surface area contributed by atoms with Crippen LogP contribution in [-0.2, 0) is 4.79 Å². The van der Waals surface area contributed by atoms with E-state index in [4.69, 9.17) is 16.7 Å². The van der Waals surface area contributed by atoms with Crippen LogP contribution in [0.1, 0.15) is 11.1 Å². The number of nitrogens with two attached hydrogens (primary N) is 2. The molecule has 2 aromatic rings. The van der Waals surface area contributed by atoms with E-state index in [1.807, 2.05) is 24.3 Å². The lowest BCUT2D eigenvalue weighted by Crippen LogP contribution is -2.26. The Labute approximate surface area is 139 Å². The Hall–Kier alpha value is -2.44. The van der Waals surface area contributed by atoms with Crippen LogP contribution >= 0.6 is 11.8 Å². The van der Waals surface area contributed by atoms with Crippen LogP contribution in [0.4, 0.5) is 0 Å². The maximum Gasteiger partial charge on any atom is 0.354 e. The number of carboxylic acid groups (broad SMARTS) is 1. The molecule has 0 aliphatic rings. The van der Waals surface area contributed by atoms with Gasteiger partial charge in [0.2, 0.25) is 0 Å². The minimum atomic E-state index is -1.21. The highest BCUT2D eigenvalue weighted by atomic mass is 32.2. The van der Waals surface area contributed by atoms with Crippen LogP contribution in [-0.4, -0.2) is 11.1 Å². The summed E-state index contributed by atoms with van der Waals surface area (Å²) in [5.74, 6) is 4.13. The molecule has 6 N–H and O–H groups in total. The predicted octanol–water partition coefficient (Wildman–Crippen LogP) is 2.74. The molecule has 0 bridgehead atoms. The van der Waals surface area contributed by atoms with Crippen LogP contribution < -0.4 is 17.0 Å². The van der Waals surface area contributed by atoms with Crippen LogP contribution in [0, 0.1) is 13.8 Å². The third kappa shape index (κ3) is 4.06. The molecule has 2 aromatic carbocycles. The molecule has 2 rings (SSSR count). The summed E-state index contributed by atoms with van der Waals surface area (Å²) >= 11 is 1.17. The highest BCUT2D eigenvalue weighted by Crippen LogP contribution is 2.30. The molecule has 0 radical (unpaired) electrons. The van der Waals surface area contributed by atoms with E-state index in [9.17, 15) is 4.79 Å². The number of benzene rings is 2. The summed E-state index contributed by atoms with van der Waals surface area (Å²) < 4.78 is 0. The van der Waals surface area contributed by atoms with E-state index < -0.39 is 5.97 Å². The number of rotatable bonds is 5. The van der Waals surface area contributed by atoms with Crippen molar-refractivity contribution in [3.63, 3.8) is 0 Å². The van der Waals surface area contributed by atoms with Gasteiger partial charge in [-0.2, -0.15) is 0 Å². The smallest absolute Gasteiger partial charge is 0.354 e. The molecule has 0 aromatic heterocycles. The fourth-order valence-electron chi connectivity index (χ4n) is 2.22. The zero-order valence-electron chi connectivity index (χ0n) is 13.0. The van der Waals surface area contributed by atoms with Crippen molar-refractivity contribution in [2.24, 2.45) is 11.6 Å². The number of thioether (sulfide) groups is 1. The van der Waals surface area contributed by atoms with Gasteiger partial charge in [-0.1, -0.05) is 47.7 Å². The topological polar surface area (TPSA) is 101 Å². The summed E-state index contributed by atoms with van der Waals surface area (Å²) in [6.45, 7) is 4.15. The lowest BCUT2D eigenvalue weighted by atomic mass is 9.99. The quantitative estimate of drug-likeness (QED) is 0.291. The molecule has 6 heteroatoms. The maximum atomic E-state index is 10.9. The van der Waals surface area contributed by atoms with Gasteiger partial charge < -0.3 is 16.3 Å². The molecule has 0 heterocycles. The molecule has 0 aliphatic heterocycles. The van der Waals surface area contributed by atoms with Crippen molar-refractivity contribution in [2.45, 2.75) is 18.7 Å². The van der Waals surface area contributed by atoms with Crippen LogP contribution in [0.5, 0.6) is 0 Å². The second-order valence-corrected chi connectivity index (χ2v) is 6.22. The van der Waals surface area contributed by atoms with E-state index in [-0.39, 0.29) is 10.7 Å². The fourth-order valence-corrected chi connectivity index (χ4v) is 2.98. The molecule has 0 aliphatic carbocycles. The van der Waals surface area contributed by atoms with Crippen molar-refractivity contribution in [1.82, 2.24) is 5.43 Å². The van der Waals surface area contributed by atoms with Gasteiger partial charge in [0.1, 0.15) is 10.7 Å². The molecule has 0 saturated carbocycles. The first-order valence-corrected chi connectivity index (χ1v) is 7.79. The number of aryl methyl sites for hydroxylation is 2. The Balaban J connectivity index is 2.26. The molecule has 0 fully saturated rings. The summed E-state index contributed by atoms with van der Waals surface area (Å²) in [5, 5.41) is 9.12. The molecule has 0 atom stereocenters. The van der Waals surface area contributed by atoms with Gasteiger partial charge in [-0.25, -0.2) is 10.6 Å². The molecule has 0 spiro atoms. The van der Waals surface area contributed by atoms with Gasteiger partial charge in [-0.3, -0.25) is 0 Å². The largest absolute Gasteiger partial charge is 0.477 e. The van der Waals surface area contributed by atoms with Gasteiger partial charge in [0, 0.05) is 4.90 Å². The minimum absolute atomic E-state index is 0.205. The lowest BCUT2D eigenvalue weighted by Gasteiger charge is -2.10. The standard InChI is InChI=1S/C17H19N3O2S/c1-10-3-8-14(11(2)9-10)12-4-6-13(7-5-12)23-16(20-19)15(18)17(21)22/h3-9,20H,18-19H2,1-2H3,(H,21,22)/b16-15+. The second kappa shape index (κ2) is 7.21. The number of hydrogen-bond donors (Lipinski definition) is 4. The van der Waals surface area contributed by atoms with Crippen molar-refractivity contribution in [1.29, 1.82) is 0 Å². The Morgan fingerprint density at radius 3 is 2.30 bits per heavy atom. The van der Waals surface area contributed by atoms with Gasteiger partial charge in [0.05, 0.1) is 0 Å². The predicted molar refractivity (Wildman–Crippen MR) is 93.4 cm³/mol. The van der Waals surface area contributed by atoms with Gasteiger partial charge in [-0.15, -0.1) is 0 Å². The molecular weight excluding hydrogens is 310 g/mol. The Morgan fingerprint density at radius 1 is 1.13 bits per heavy atom. The fraction of sp³-hybridized carbons (Fsp3) is 0.118. The number of aliphatic carboxylic acids is 1. The molecule has 120 valence electrons. The zero-order valence-corrected chi connectivity index (χ0v) is 13.8. The lowest BCUT2D eigenvalue weighted by molar-refractivity contribution is -0.132. The molecular formula is C17H19N3O2S. The van der Waals surface area contributed by atoms with Crippen molar-refractivity contribution < 1.29 is 9.90 Å². The molecule has 0 amide bonds. The van der Waals surface area contributed by atoms with Crippen LogP contribution in [0.3, 0.4) is 0 Å². The van der Waals surface area contributed by atoms with Crippen LogP contribution in [0.2, 0.25) is 0 Å². The van der Waals surface area contributed by atoms with Gasteiger partial charge in [0.25, 0.3) is 0 Å². The van der Waals surface area contributed by atoms with E-state index in [0.717, 1.165) is 10.5 Å². The number of carboxylic acids is 1. The van der Waals surface area contributed by atoms with Gasteiger partial charge >= 0.3 is 5.97 Å². The third-order valence-corrected chi connectivity index (χ3v) is 4.42. The summed E-state index contributed by atoms with van der Waals surface area (Å²) in [6, 6.07) is 14.1. The first-order valence-electron chi connectivity index (χ1n) is 6.97. The summed E-state index contributed by atoms with van der Waals surface area (Å²) in [6.07, 6.45) is 0. The summed E-state index contributed by atoms with van der Waals surface area (Å²) in [5.41, 5.74) is 12.2.